The number of carboxylic acids is 1. The third-order valence-corrected chi connectivity index (χ3v) is 3.46. The van der Waals surface area contributed by atoms with Crippen LogP contribution in [-0.2, 0) is 4.79 Å². The Kier molecular flexibility index (Phi) is 5.09. The highest BCUT2D eigenvalue weighted by Crippen LogP contribution is 2.24. The number of anilines is 1. The van der Waals surface area contributed by atoms with E-state index in [1.54, 1.807) is 30.3 Å². The second-order valence-electron chi connectivity index (χ2n) is 6.42. The fraction of sp³-hybridized carbons (Fsp3) is 0.333. The van der Waals surface area contributed by atoms with Gasteiger partial charge < -0.3 is 20.2 Å². The van der Waals surface area contributed by atoms with Crippen LogP contribution in [0.15, 0.2) is 40.8 Å². The van der Waals surface area contributed by atoms with Crippen molar-refractivity contribution in [2.45, 2.75) is 39.3 Å². The van der Waals surface area contributed by atoms with Crippen LogP contribution < -0.4 is 10.6 Å². The van der Waals surface area contributed by atoms with Gasteiger partial charge in [-0.3, -0.25) is 4.79 Å². The number of benzene rings is 1. The van der Waals surface area contributed by atoms with Gasteiger partial charge >= 0.3 is 5.97 Å². The maximum absolute atomic E-state index is 12.3. The van der Waals surface area contributed by atoms with E-state index in [2.05, 4.69) is 10.6 Å². The monoisotopic (exact) mass is 330 g/mol. The average Bonchev–Trinajstić information content (AvgIpc) is 2.96. The summed E-state index contributed by atoms with van der Waals surface area (Å²) in [5, 5.41) is 15.0. The number of hydrogen-bond donors (Lipinski definition) is 3. The smallest absolute Gasteiger partial charge is 0.371 e. The van der Waals surface area contributed by atoms with Crippen LogP contribution in [0.1, 0.15) is 38.2 Å². The summed E-state index contributed by atoms with van der Waals surface area (Å²) >= 11 is 0. The van der Waals surface area contributed by atoms with Gasteiger partial charge in [-0.1, -0.05) is 0 Å². The Balaban J connectivity index is 2.09. The molecule has 24 heavy (non-hydrogen) atoms. The number of aromatic carboxylic acids is 1. The molecule has 0 saturated heterocycles. The number of carbonyl (C=O) groups excluding carboxylic acids is 1. The zero-order chi connectivity index (χ0) is 17.9. The van der Waals surface area contributed by atoms with Gasteiger partial charge in [-0.2, -0.15) is 0 Å². The van der Waals surface area contributed by atoms with Gasteiger partial charge in [0, 0.05) is 17.3 Å². The van der Waals surface area contributed by atoms with E-state index in [4.69, 9.17) is 9.52 Å². The molecule has 1 heterocycles. The van der Waals surface area contributed by atoms with E-state index >= 15 is 0 Å². The average molecular weight is 330 g/mol. The van der Waals surface area contributed by atoms with Gasteiger partial charge in [-0.25, -0.2) is 4.79 Å². The molecule has 0 fully saturated rings. The van der Waals surface area contributed by atoms with E-state index in [1.807, 2.05) is 27.7 Å². The van der Waals surface area contributed by atoms with Crippen molar-refractivity contribution in [3.05, 3.63) is 42.2 Å². The Bertz CT molecular complexity index is 730. The van der Waals surface area contributed by atoms with Crippen LogP contribution in [0.25, 0.3) is 11.3 Å². The van der Waals surface area contributed by atoms with Crippen molar-refractivity contribution in [1.29, 1.82) is 0 Å². The summed E-state index contributed by atoms with van der Waals surface area (Å²) in [5.74, 6) is -0.879. The van der Waals surface area contributed by atoms with Gasteiger partial charge in [-0.05, 0) is 64.1 Å². The minimum Gasteiger partial charge on any atom is -0.475 e. The highest BCUT2D eigenvalue weighted by molar-refractivity contribution is 5.97. The molecule has 0 aliphatic carbocycles. The zero-order valence-corrected chi connectivity index (χ0v) is 14.2. The molecule has 0 aliphatic heterocycles. The molecule has 6 nitrogen and oxygen atoms in total. The Morgan fingerprint density at radius 1 is 1.08 bits per heavy atom. The number of hydrogen-bond acceptors (Lipinski definition) is 4. The molecule has 1 aromatic heterocycles. The lowest BCUT2D eigenvalue weighted by Gasteiger charge is -2.27. The first-order valence-electron chi connectivity index (χ1n) is 7.72. The number of amides is 1. The van der Waals surface area contributed by atoms with E-state index in [0.717, 1.165) is 5.56 Å². The number of carboxylic acid groups (broad SMARTS) is 1. The topological polar surface area (TPSA) is 91.6 Å². The fourth-order valence-corrected chi connectivity index (χ4v) is 2.40. The summed E-state index contributed by atoms with van der Waals surface area (Å²) in [6.45, 7) is 7.62. The predicted molar refractivity (Wildman–Crippen MR) is 92.1 cm³/mol. The Morgan fingerprint density at radius 3 is 2.21 bits per heavy atom. The van der Waals surface area contributed by atoms with Gasteiger partial charge in [0.05, 0.1) is 5.54 Å². The van der Waals surface area contributed by atoms with Crippen molar-refractivity contribution in [3.8, 4) is 11.3 Å². The van der Waals surface area contributed by atoms with Crippen LogP contribution in [0.4, 0.5) is 5.69 Å². The Hall–Kier alpha value is -2.60. The van der Waals surface area contributed by atoms with Gasteiger partial charge in [0.25, 0.3) is 0 Å². The molecule has 2 aromatic rings. The van der Waals surface area contributed by atoms with Gasteiger partial charge in [0.1, 0.15) is 5.76 Å². The van der Waals surface area contributed by atoms with Crippen LogP contribution in [-0.4, -0.2) is 28.6 Å². The van der Waals surface area contributed by atoms with Crippen LogP contribution >= 0.6 is 0 Å². The lowest BCUT2D eigenvalue weighted by molar-refractivity contribution is -0.121. The second-order valence-corrected chi connectivity index (χ2v) is 6.42. The summed E-state index contributed by atoms with van der Waals surface area (Å²) in [7, 11) is 0. The first kappa shape index (κ1) is 17.7. The summed E-state index contributed by atoms with van der Waals surface area (Å²) in [4.78, 5) is 23.2. The molecule has 0 saturated carbocycles. The molecule has 1 aromatic carbocycles. The third-order valence-electron chi connectivity index (χ3n) is 3.46. The van der Waals surface area contributed by atoms with E-state index in [-0.39, 0.29) is 17.7 Å². The van der Waals surface area contributed by atoms with E-state index in [9.17, 15) is 9.59 Å². The molecule has 0 unspecified atom stereocenters. The lowest BCUT2D eigenvalue weighted by atomic mass is 10.0. The Labute approximate surface area is 140 Å². The molecule has 6 heteroatoms. The SMILES string of the molecule is CC(C)NC(C)(C)C(=O)Nc1ccc(-c2ccc(C(=O)O)o2)cc1. The molecule has 0 atom stereocenters. The first-order valence-corrected chi connectivity index (χ1v) is 7.72. The summed E-state index contributed by atoms with van der Waals surface area (Å²) in [6, 6.07) is 10.2. The highest BCUT2D eigenvalue weighted by atomic mass is 16.4. The summed E-state index contributed by atoms with van der Waals surface area (Å²) < 4.78 is 5.25. The van der Waals surface area contributed by atoms with Crippen molar-refractivity contribution < 1.29 is 19.1 Å². The molecular formula is C18H22N2O4. The van der Waals surface area contributed by atoms with E-state index in [1.165, 1.54) is 6.07 Å². The van der Waals surface area contributed by atoms with Crippen LogP contribution in [0.2, 0.25) is 0 Å². The van der Waals surface area contributed by atoms with Crippen molar-refractivity contribution in [1.82, 2.24) is 5.32 Å². The van der Waals surface area contributed by atoms with E-state index in [0.29, 0.717) is 11.4 Å². The number of nitrogens with one attached hydrogen (secondary N) is 2. The van der Waals surface area contributed by atoms with Crippen molar-refractivity contribution >= 4 is 17.6 Å². The molecule has 0 radical (unpaired) electrons. The third kappa shape index (κ3) is 4.23. The quantitative estimate of drug-likeness (QED) is 0.755. The van der Waals surface area contributed by atoms with Crippen molar-refractivity contribution in [2.24, 2.45) is 0 Å². The van der Waals surface area contributed by atoms with Gasteiger partial charge in [-0.15, -0.1) is 0 Å². The highest BCUT2D eigenvalue weighted by Gasteiger charge is 2.27. The summed E-state index contributed by atoms with van der Waals surface area (Å²) in [6.07, 6.45) is 0. The molecule has 1 amide bonds. The molecular weight excluding hydrogens is 308 g/mol. The normalized spacial score (nSPS) is 11.5. The van der Waals surface area contributed by atoms with Crippen LogP contribution in [0.5, 0.6) is 0 Å². The standard InChI is InChI=1S/C18H22N2O4/c1-11(2)20-18(3,4)17(23)19-13-7-5-12(6-8-13)14-9-10-15(24-14)16(21)22/h5-11,20H,1-4H3,(H,19,23)(H,21,22). The number of furan rings is 1. The van der Waals surface area contributed by atoms with Crippen molar-refractivity contribution in [3.63, 3.8) is 0 Å². The minimum absolute atomic E-state index is 0.108. The van der Waals surface area contributed by atoms with Gasteiger partial charge in [0.15, 0.2) is 0 Å². The fourth-order valence-electron chi connectivity index (χ4n) is 2.40. The predicted octanol–water partition coefficient (Wildman–Crippen LogP) is 3.36. The molecule has 0 aliphatic rings. The maximum Gasteiger partial charge on any atom is 0.371 e. The Morgan fingerprint density at radius 2 is 1.71 bits per heavy atom. The zero-order valence-electron chi connectivity index (χ0n) is 14.2. The molecule has 3 N–H and O–H groups in total. The summed E-state index contributed by atoms with van der Waals surface area (Å²) in [5.41, 5.74) is 0.706. The van der Waals surface area contributed by atoms with Gasteiger partial charge in [0.2, 0.25) is 11.7 Å². The largest absolute Gasteiger partial charge is 0.475 e. The molecule has 128 valence electrons. The first-order chi connectivity index (χ1) is 11.2. The second kappa shape index (κ2) is 6.88. The number of rotatable bonds is 6. The van der Waals surface area contributed by atoms with Crippen LogP contribution in [0.3, 0.4) is 0 Å². The molecule has 2 rings (SSSR count). The minimum atomic E-state index is -1.11. The van der Waals surface area contributed by atoms with E-state index < -0.39 is 11.5 Å². The number of carbonyl (C=O) groups is 2. The maximum atomic E-state index is 12.3. The van der Waals surface area contributed by atoms with Crippen molar-refractivity contribution in [2.75, 3.05) is 5.32 Å². The molecule has 0 spiro atoms. The van der Waals surface area contributed by atoms with Crippen LogP contribution in [0, 0.1) is 0 Å². The molecule has 0 bridgehead atoms. The lowest BCUT2D eigenvalue weighted by Crippen LogP contribution is -2.52.